The van der Waals surface area contributed by atoms with E-state index in [9.17, 15) is 19.2 Å². The third-order valence-corrected chi connectivity index (χ3v) is 4.61. The minimum absolute atomic E-state index is 0.216. The van der Waals surface area contributed by atoms with Crippen molar-refractivity contribution in [3.05, 3.63) is 113 Å². The highest BCUT2D eigenvalue weighted by Gasteiger charge is 2.45. The Bertz CT molecular complexity index is 1150. The number of rotatable bonds is 5. The van der Waals surface area contributed by atoms with E-state index in [1.165, 1.54) is 0 Å². The van der Waals surface area contributed by atoms with Gasteiger partial charge < -0.3 is 0 Å². The van der Waals surface area contributed by atoms with E-state index in [2.05, 4.69) is 0 Å². The number of carbonyl (C=O) groups excluding carboxylic acids is 4. The van der Waals surface area contributed by atoms with Gasteiger partial charge in [-0.05, 0) is 12.1 Å². The van der Waals surface area contributed by atoms with Gasteiger partial charge in [0.1, 0.15) is 11.3 Å². The zero-order valence-electron chi connectivity index (χ0n) is 15.2. The van der Waals surface area contributed by atoms with Crippen LogP contribution in [0.4, 0.5) is 5.69 Å². The van der Waals surface area contributed by atoms with Crippen LogP contribution in [0.2, 0.25) is 0 Å². The number of amides is 1. The Kier molecular flexibility index (Phi) is 4.71. The quantitative estimate of drug-likeness (QED) is 0.384. The molecule has 140 valence electrons. The summed E-state index contributed by atoms with van der Waals surface area (Å²) in [7, 11) is 0. The van der Waals surface area contributed by atoms with Crippen molar-refractivity contribution < 1.29 is 19.2 Å². The van der Waals surface area contributed by atoms with Gasteiger partial charge in [0.2, 0.25) is 5.78 Å². The third kappa shape index (κ3) is 3.19. The molecule has 0 saturated heterocycles. The number of allylic oxidation sites excluding steroid dienone is 1. The van der Waals surface area contributed by atoms with E-state index in [0.29, 0.717) is 5.69 Å². The fourth-order valence-corrected chi connectivity index (χ4v) is 3.24. The van der Waals surface area contributed by atoms with Crippen molar-refractivity contribution in [3.8, 4) is 0 Å². The van der Waals surface area contributed by atoms with E-state index in [0.717, 1.165) is 4.90 Å². The highest BCUT2D eigenvalue weighted by atomic mass is 16.2. The Morgan fingerprint density at radius 3 is 1.55 bits per heavy atom. The summed E-state index contributed by atoms with van der Waals surface area (Å²) >= 11 is 0. The van der Waals surface area contributed by atoms with E-state index in [1.807, 2.05) is 0 Å². The van der Waals surface area contributed by atoms with Crippen molar-refractivity contribution in [2.45, 2.75) is 0 Å². The molecule has 0 N–H and O–H groups in total. The van der Waals surface area contributed by atoms with Gasteiger partial charge in [-0.15, -0.1) is 0 Å². The second-order valence-electron chi connectivity index (χ2n) is 6.42. The van der Waals surface area contributed by atoms with Crippen molar-refractivity contribution in [3.63, 3.8) is 0 Å². The van der Waals surface area contributed by atoms with Gasteiger partial charge in [-0.3, -0.25) is 24.1 Å². The number of benzene rings is 3. The Morgan fingerprint density at radius 1 is 0.586 bits per heavy atom. The van der Waals surface area contributed by atoms with E-state index < -0.39 is 28.8 Å². The molecule has 4 rings (SSSR count). The number of para-hydroxylation sites is 1. The Labute approximate surface area is 166 Å². The standard InChI is InChI=1S/C24H15NO4/c26-21(16-10-4-1-5-11-16)19-20(22(27)17-12-6-2-7-13-17)25(24(29)23(19)28)18-14-8-3-9-15-18/h1-15H. The van der Waals surface area contributed by atoms with Gasteiger partial charge in [0, 0.05) is 16.8 Å². The fourth-order valence-electron chi connectivity index (χ4n) is 3.24. The van der Waals surface area contributed by atoms with Gasteiger partial charge in [0.15, 0.2) is 5.78 Å². The SMILES string of the molecule is O=C1C(=O)N(c2ccccc2)C(C(=O)c2ccccc2)=C1C(=O)c1ccccc1. The summed E-state index contributed by atoms with van der Waals surface area (Å²) in [6.45, 7) is 0. The monoisotopic (exact) mass is 381 g/mol. The van der Waals surface area contributed by atoms with Crippen LogP contribution in [-0.4, -0.2) is 23.3 Å². The molecule has 0 aliphatic carbocycles. The van der Waals surface area contributed by atoms with Gasteiger partial charge in [0.05, 0.1) is 0 Å². The lowest BCUT2D eigenvalue weighted by Gasteiger charge is -2.19. The average molecular weight is 381 g/mol. The van der Waals surface area contributed by atoms with Crippen molar-refractivity contribution in [1.82, 2.24) is 0 Å². The molecule has 3 aromatic rings. The summed E-state index contributed by atoms with van der Waals surface area (Å²) in [5.74, 6) is -3.12. The van der Waals surface area contributed by atoms with E-state index in [4.69, 9.17) is 0 Å². The number of carbonyl (C=O) groups is 4. The zero-order chi connectivity index (χ0) is 20.4. The fraction of sp³-hybridized carbons (Fsp3) is 0. The second kappa shape index (κ2) is 7.48. The zero-order valence-corrected chi connectivity index (χ0v) is 15.2. The van der Waals surface area contributed by atoms with Gasteiger partial charge in [-0.2, -0.15) is 0 Å². The first-order valence-corrected chi connectivity index (χ1v) is 8.97. The molecule has 5 nitrogen and oxygen atoms in total. The van der Waals surface area contributed by atoms with Crippen LogP contribution < -0.4 is 4.90 Å². The van der Waals surface area contributed by atoms with Crippen molar-refractivity contribution in [2.75, 3.05) is 4.90 Å². The summed E-state index contributed by atoms with van der Waals surface area (Å²) in [4.78, 5) is 53.1. The molecule has 1 aliphatic rings. The maximum Gasteiger partial charge on any atom is 0.304 e. The molecule has 0 spiro atoms. The minimum atomic E-state index is -0.984. The van der Waals surface area contributed by atoms with Gasteiger partial charge >= 0.3 is 5.91 Å². The van der Waals surface area contributed by atoms with Crippen LogP contribution in [0.1, 0.15) is 20.7 Å². The van der Waals surface area contributed by atoms with Gasteiger partial charge in [-0.25, -0.2) is 0 Å². The lowest BCUT2D eigenvalue weighted by Crippen LogP contribution is -2.31. The van der Waals surface area contributed by atoms with Crippen LogP contribution in [0.15, 0.2) is 102 Å². The molecule has 0 radical (unpaired) electrons. The van der Waals surface area contributed by atoms with Crippen LogP contribution in [0.5, 0.6) is 0 Å². The molecule has 1 heterocycles. The maximum atomic E-state index is 13.3. The van der Waals surface area contributed by atoms with Crippen molar-refractivity contribution in [1.29, 1.82) is 0 Å². The third-order valence-electron chi connectivity index (χ3n) is 4.61. The van der Waals surface area contributed by atoms with Gasteiger partial charge in [-0.1, -0.05) is 78.9 Å². The van der Waals surface area contributed by atoms with Crippen LogP contribution in [0.25, 0.3) is 0 Å². The van der Waals surface area contributed by atoms with Gasteiger partial charge in [0.25, 0.3) is 5.78 Å². The molecule has 0 fully saturated rings. The van der Waals surface area contributed by atoms with Crippen molar-refractivity contribution >= 4 is 28.9 Å². The number of hydrogen-bond acceptors (Lipinski definition) is 4. The molecule has 1 aliphatic heterocycles. The van der Waals surface area contributed by atoms with E-state index in [1.54, 1.807) is 91.0 Å². The topological polar surface area (TPSA) is 71.5 Å². The average Bonchev–Trinajstić information content (AvgIpc) is 3.05. The molecule has 5 heteroatoms. The molecule has 0 unspecified atom stereocenters. The summed E-state index contributed by atoms with van der Waals surface area (Å²) in [6.07, 6.45) is 0. The molecule has 29 heavy (non-hydrogen) atoms. The number of anilines is 1. The lowest BCUT2D eigenvalue weighted by atomic mass is 9.97. The summed E-state index contributed by atoms with van der Waals surface area (Å²) in [5.41, 5.74) is 0.243. The number of Topliss-reactive ketones (excluding diaryl/α,β-unsaturated/α-hetero) is 3. The smallest absolute Gasteiger partial charge is 0.288 e. The molecular formula is C24H15NO4. The summed E-state index contributed by atoms with van der Waals surface area (Å²) in [5, 5.41) is 0. The minimum Gasteiger partial charge on any atom is -0.288 e. The van der Waals surface area contributed by atoms with Crippen LogP contribution >= 0.6 is 0 Å². The normalized spacial score (nSPS) is 13.7. The summed E-state index contributed by atoms with van der Waals surface area (Å²) in [6, 6.07) is 24.8. The predicted octanol–water partition coefficient (Wildman–Crippen LogP) is 3.62. The lowest BCUT2D eigenvalue weighted by molar-refractivity contribution is -0.132. The second-order valence-corrected chi connectivity index (χ2v) is 6.42. The molecule has 1 amide bonds. The largest absolute Gasteiger partial charge is 0.304 e. The van der Waals surface area contributed by atoms with Crippen molar-refractivity contribution in [2.24, 2.45) is 0 Å². The van der Waals surface area contributed by atoms with Crippen LogP contribution in [0, 0.1) is 0 Å². The molecular weight excluding hydrogens is 366 g/mol. The molecule has 0 aromatic heterocycles. The maximum absolute atomic E-state index is 13.3. The van der Waals surface area contributed by atoms with E-state index >= 15 is 0 Å². The predicted molar refractivity (Wildman–Crippen MR) is 108 cm³/mol. The van der Waals surface area contributed by atoms with Crippen LogP contribution in [0.3, 0.4) is 0 Å². The first-order chi connectivity index (χ1) is 14.1. The first-order valence-electron chi connectivity index (χ1n) is 8.97. The van der Waals surface area contributed by atoms with E-state index in [-0.39, 0.29) is 16.8 Å². The Hall–Kier alpha value is -4.12. The number of hydrogen-bond donors (Lipinski definition) is 0. The number of nitrogens with zero attached hydrogens (tertiary/aromatic N) is 1. The van der Waals surface area contributed by atoms with Crippen LogP contribution in [-0.2, 0) is 9.59 Å². The molecule has 0 atom stereocenters. The molecule has 3 aromatic carbocycles. The molecule has 0 saturated carbocycles. The molecule has 0 bridgehead atoms. The highest BCUT2D eigenvalue weighted by Crippen LogP contribution is 2.32. The highest BCUT2D eigenvalue weighted by molar-refractivity contribution is 6.59. The number of ketones is 3. The first kappa shape index (κ1) is 18.3. The summed E-state index contributed by atoms with van der Waals surface area (Å²) < 4.78 is 0. The Morgan fingerprint density at radius 2 is 1.03 bits per heavy atom. The Balaban J connectivity index is 1.94.